The summed E-state index contributed by atoms with van der Waals surface area (Å²) >= 11 is 2.05. The van der Waals surface area contributed by atoms with E-state index in [9.17, 15) is 0 Å². The first-order chi connectivity index (χ1) is 8.29. The Morgan fingerprint density at radius 1 is 1.41 bits per heavy atom. The fourth-order valence-electron chi connectivity index (χ4n) is 2.32. The number of fused-ring (bicyclic) bond motifs is 1. The summed E-state index contributed by atoms with van der Waals surface area (Å²) in [7, 11) is 4.25. The summed E-state index contributed by atoms with van der Waals surface area (Å²) in [6.45, 7) is 3.50. The van der Waals surface area contributed by atoms with E-state index in [0.717, 1.165) is 11.8 Å². The molecule has 1 heterocycles. The molecule has 2 rings (SSSR count). The molecule has 0 radical (unpaired) electrons. The van der Waals surface area contributed by atoms with Crippen molar-refractivity contribution in [3.05, 3.63) is 29.8 Å². The Balaban J connectivity index is 1.75. The van der Waals surface area contributed by atoms with Crippen LogP contribution in [0.3, 0.4) is 0 Å². The molecule has 0 aliphatic carbocycles. The molecule has 1 unspecified atom stereocenters. The zero-order chi connectivity index (χ0) is 12.1. The molecule has 0 saturated carbocycles. The van der Waals surface area contributed by atoms with Crippen molar-refractivity contribution in [3.8, 4) is 0 Å². The van der Waals surface area contributed by atoms with Gasteiger partial charge in [-0.05, 0) is 51.7 Å². The average Bonchev–Trinajstić information content (AvgIpc) is 2.71. The molecule has 2 nitrogen and oxygen atoms in total. The number of hydrogen-bond acceptors (Lipinski definition) is 3. The first kappa shape index (κ1) is 12.9. The van der Waals surface area contributed by atoms with E-state index in [2.05, 4.69) is 41.5 Å². The molecule has 1 aromatic rings. The summed E-state index contributed by atoms with van der Waals surface area (Å²) in [5.74, 6) is 0. The van der Waals surface area contributed by atoms with Crippen molar-refractivity contribution >= 4 is 11.8 Å². The van der Waals surface area contributed by atoms with Gasteiger partial charge in [0.1, 0.15) is 0 Å². The van der Waals surface area contributed by atoms with Crippen LogP contribution in [0, 0.1) is 0 Å². The Kier molecular flexibility index (Phi) is 4.89. The Bertz CT molecular complexity index is 329. The number of rotatable bonds is 6. The molecule has 3 heteroatoms. The maximum absolute atomic E-state index is 3.20. The van der Waals surface area contributed by atoms with Crippen molar-refractivity contribution in [1.82, 2.24) is 10.2 Å². The molecule has 1 aliphatic heterocycles. The maximum Gasteiger partial charge on any atom is 0.0263 e. The molecule has 0 saturated heterocycles. The maximum atomic E-state index is 3.20. The van der Waals surface area contributed by atoms with Crippen LogP contribution in [0.1, 0.15) is 12.0 Å². The van der Waals surface area contributed by atoms with E-state index in [4.69, 9.17) is 0 Å². The van der Waals surface area contributed by atoms with Gasteiger partial charge in [0, 0.05) is 16.7 Å². The van der Waals surface area contributed by atoms with Crippen LogP contribution >= 0.6 is 11.8 Å². The van der Waals surface area contributed by atoms with Crippen molar-refractivity contribution in [2.45, 2.75) is 23.0 Å². The molecule has 94 valence electrons. The number of hydrogen-bond donors (Lipinski definition) is 1. The fraction of sp³-hybridized carbons (Fsp3) is 0.571. The van der Waals surface area contributed by atoms with Gasteiger partial charge in [-0.25, -0.2) is 0 Å². The fourth-order valence-corrected chi connectivity index (χ4v) is 3.73. The highest BCUT2D eigenvalue weighted by Crippen LogP contribution is 2.36. The van der Waals surface area contributed by atoms with E-state index in [0.29, 0.717) is 0 Å². The van der Waals surface area contributed by atoms with Crippen LogP contribution in [0.2, 0.25) is 0 Å². The van der Waals surface area contributed by atoms with Crippen LogP contribution in [-0.2, 0) is 6.42 Å². The van der Waals surface area contributed by atoms with E-state index in [1.54, 1.807) is 0 Å². The monoisotopic (exact) mass is 250 g/mol. The molecule has 1 atom stereocenters. The van der Waals surface area contributed by atoms with Crippen LogP contribution in [0.25, 0.3) is 0 Å². The summed E-state index contributed by atoms with van der Waals surface area (Å²) in [6, 6.07) is 8.81. The van der Waals surface area contributed by atoms with E-state index in [1.807, 2.05) is 18.8 Å². The zero-order valence-electron chi connectivity index (χ0n) is 10.8. The summed E-state index contributed by atoms with van der Waals surface area (Å²) in [5, 5.41) is 3.94. The van der Waals surface area contributed by atoms with Gasteiger partial charge in [0.2, 0.25) is 0 Å². The normalized spacial score (nSPS) is 18.6. The molecule has 0 aromatic heterocycles. The largest absolute Gasteiger partial charge is 0.320 e. The van der Waals surface area contributed by atoms with Crippen molar-refractivity contribution in [2.24, 2.45) is 0 Å². The van der Waals surface area contributed by atoms with Crippen molar-refractivity contribution in [3.63, 3.8) is 0 Å². The van der Waals surface area contributed by atoms with Gasteiger partial charge in [-0.1, -0.05) is 18.2 Å². The van der Waals surface area contributed by atoms with Crippen LogP contribution in [0.15, 0.2) is 29.2 Å². The molecular formula is C14H22N2S. The number of nitrogens with zero attached hydrogens (tertiary/aromatic N) is 1. The standard InChI is InChI=1S/C14H22N2S/c1-15-8-5-9-16(2)11-13-10-12-6-3-4-7-14(12)17-13/h3-4,6-7,13,15H,5,8-11H2,1-2H3. The lowest BCUT2D eigenvalue weighted by atomic mass is 10.1. The van der Waals surface area contributed by atoms with Gasteiger partial charge in [-0.15, -0.1) is 11.8 Å². The zero-order valence-corrected chi connectivity index (χ0v) is 11.6. The average molecular weight is 250 g/mol. The third-order valence-corrected chi connectivity index (χ3v) is 4.50. The van der Waals surface area contributed by atoms with Crippen molar-refractivity contribution in [2.75, 3.05) is 33.7 Å². The molecular weight excluding hydrogens is 228 g/mol. The smallest absolute Gasteiger partial charge is 0.0263 e. The van der Waals surface area contributed by atoms with Crippen molar-refractivity contribution < 1.29 is 0 Å². The lowest BCUT2D eigenvalue weighted by Crippen LogP contribution is -2.29. The van der Waals surface area contributed by atoms with Gasteiger partial charge in [0.25, 0.3) is 0 Å². The van der Waals surface area contributed by atoms with Gasteiger partial charge in [0.15, 0.2) is 0 Å². The van der Waals surface area contributed by atoms with Crippen LogP contribution < -0.4 is 5.32 Å². The highest BCUT2D eigenvalue weighted by molar-refractivity contribution is 8.00. The van der Waals surface area contributed by atoms with Gasteiger partial charge >= 0.3 is 0 Å². The summed E-state index contributed by atoms with van der Waals surface area (Å²) in [6.07, 6.45) is 2.47. The minimum atomic E-state index is 0.743. The van der Waals surface area contributed by atoms with Crippen LogP contribution in [0.4, 0.5) is 0 Å². The van der Waals surface area contributed by atoms with Crippen LogP contribution in [0.5, 0.6) is 0 Å². The molecule has 1 aliphatic rings. The minimum absolute atomic E-state index is 0.743. The lowest BCUT2D eigenvalue weighted by Gasteiger charge is -2.20. The summed E-state index contributed by atoms with van der Waals surface area (Å²) < 4.78 is 0. The predicted octanol–water partition coefficient (Wildman–Crippen LogP) is 2.24. The molecule has 1 N–H and O–H groups in total. The Morgan fingerprint density at radius 2 is 2.24 bits per heavy atom. The first-order valence-corrected chi connectivity index (χ1v) is 7.25. The van der Waals surface area contributed by atoms with E-state index in [1.165, 1.54) is 36.4 Å². The summed E-state index contributed by atoms with van der Waals surface area (Å²) in [5.41, 5.74) is 1.53. The second kappa shape index (κ2) is 6.43. The first-order valence-electron chi connectivity index (χ1n) is 6.37. The SMILES string of the molecule is CNCCCN(C)CC1Cc2ccccc2S1. The molecule has 0 fully saturated rings. The van der Waals surface area contributed by atoms with E-state index < -0.39 is 0 Å². The number of nitrogens with one attached hydrogen (secondary N) is 1. The Hall–Kier alpha value is -0.510. The highest BCUT2D eigenvalue weighted by Gasteiger charge is 2.22. The van der Waals surface area contributed by atoms with Gasteiger partial charge in [-0.3, -0.25) is 0 Å². The molecule has 0 spiro atoms. The van der Waals surface area contributed by atoms with Gasteiger partial charge in [-0.2, -0.15) is 0 Å². The van der Waals surface area contributed by atoms with E-state index >= 15 is 0 Å². The Labute approximate surface area is 109 Å². The number of benzene rings is 1. The van der Waals surface area contributed by atoms with Gasteiger partial charge < -0.3 is 10.2 Å². The predicted molar refractivity (Wildman–Crippen MR) is 75.8 cm³/mol. The third kappa shape index (κ3) is 3.73. The molecule has 17 heavy (non-hydrogen) atoms. The highest BCUT2D eigenvalue weighted by atomic mass is 32.2. The second-order valence-electron chi connectivity index (χ2n) is 4.77. The van der Waals surface area contributed by atoms with Crippen LogP contribution in [-0.4, -0.2) is 43.9 Å². The minimum Gasteiger partial charge on any atom is -0.320 e. The molecule has 0 amide bonds. The Morgan fingerprint density at radius 3 is 3.00 bits per heavy atom. The molecule has 0 bridgehead atoms. The number of thioether (sulfide) groups is 1. The quantitative estimate of drug-likeness (QED) is 0.780. The van der Waals surface area contributed by atoms with Crippen molar-refractivity contribution in [1.29, 1.82) is 0 Å². The summed E-state index contributed by atoms with van der Waals surface area (Å²) in [4.78, 5) is 3.95. The third-order valence-electron chi connectivity index (χ3n) is 3.20. The lowest BCUT2D eigenvalue weighted by molar-refractivity contribution is 0.329. The topological polar surface area (TPSA) is 15.3 Å². The van der Waals surface area contributed by atoms with E-state index in [-0.39, 0.29) is 0 Å². The molecule has 1 aromatic carbocycles. The van der Waals surface area contributed by atoms with Gasteiger partial charge in [0.05, 0.1) is 0 Å². The second-order valence-corrected chi connectivity index (χ2v) is 6.11.